The number of hydrogen-bond acceptors (Lipinski definition) is 2. The van der Waals surface area contributed by atoms with Crippen LogP contribution in [0.25, 0.3) is 0 Å². The fraction of sp³-hybridized carbons (Fsp3) is 0.333. The van der Waals surface area contributed by atoms with Crippen LogP contribution in [-0.2, 0) is 12.8 Å². The summed E-state index contributed by atoms with van der Waals surface area (Å²) in [5, 5.41) is 4.21. The van der Waals surface area contributed by atoms with Crippen LogP contribution in [0, 0.1) is 0 Å². The lowest BCUT2D eigenvalue weighted by atomic mass is 9.95. The molecular formula is C15H19NS. The van der Waals surface area contributed by atoms with Crippen molar-refractivity contribution in [2.75, 3.05) is 0 Å². The molecular weight excluding hydrogens is 226 g/mol. The van der Waals surface area contributed by atoms with Gasteiger partial charge in [-0.05, 0) is 51.9 Å². The largest absolute Gasteiger partial charge is 0.320 e. The van der Waals surface area contributed by atoms with Crippen molar-refractivity contribution in [3.63, 3.8) is 0 Å². The predicted molar refractivity (Wildman–Crippen MR) is 75.5 cm³/mol. The fourth-order valence-electron chi connectivity index (χ4n) is 2.16. The van der Waals surface area contributed by atoms with Gasteiger partial charge in [0, 0.05) is 0 Å². The van der Waals surface area contributed by atoms with Crippen LogP contribution in [0.1, 0.15) is 42.1 Å². The molecule has 1 nitrogen and oxygen atoms in total. The molecule has 2 N–H and O–H groups in total. The maximum atomic E-state index is 6.28. The van der Waals surface area contributed by atoms with E-state index in [9.17, 15) is 0 Å². The molecule has 2 aromatic rings. The molecule has 0 saturated carbocycles. The van der Waals surface area contributed by atoms with Gasteiger partial charge in [-0.25, -0.2) is 0 Å². The summed E-state index contributed by atoms with van der Waals surface area (Å²) in [6, 6.07) is 8.77. The standard InChI is InChI=1S/C15H19NS/c1-3-11-5-6-13(9-12(11)4-2)15(16)14-7-8-17-10-14/h5-10,15H,3-4,16H2,1-2H3. The van der Waals surface area contributed by atoms with Gasteiger partial charge in [-0.15, -0.1) is 0 Å². The van der Waals surface area contributed by atoms with Crippen molar-refractivity contribution in [3.8, 4) is 0 Å². The van der Waals surface area contributed by atoms with Gasteiger partial charge < -0.3 is 5.73 Å². The molecule has 0 amide bonds. The van der Waals surface area contributed by atoms with E-state index < -0.39 is 0 Å². The lowest BCUT2D eigenvalue weighted by molar-refractivity contribution is 0.868. The van der Waals surface area contributed by atoms with E-state index in [4.69, 9.17) is 5.73 Å². The van der Waals surface area contributed by atoms with Crippen LogP contribution in [0.5, 0.6) is 0 Å². The Morgan fingerprint density at radius 2 is 1.82 bits per heavy atom. The lowest BCUT2D eigenvalue weighted by Crippen LogP contribution is -2.11. The highest BCUT2D eigenvalue weighted by atomic mass is 32.1. The summed E-state index contributed by atoms with van der Waals surface area (Å²) in [6.45, 7) is 4.40. The van der Waals surface area contributed by atoms with E-state index in [2.05, 4.69) is 48.9 Å². The molecule has 17 heavy (non-hydrogen) atoms. The Morgan fingerprint density at radius 1 is 1.06 bits per heavy atom. The third-order valence-corrected chi connectivity index (χ3v) is 3.96. The SMILES string of the molecule is CCc1ccc(C(N)c2ccsc2)cc1CC. The average molecular weight is 245 g/mol. The molecule has 2 rings (SSSR count). The Kier molecular flexibility index (Phi) is 3.97. The van der Waals surface area contributed by atoms with E-state index in [1.54, 1.807) is 11.3 Å². The van der Waals surface area contributed by atoms with E-state index in [0.29, 0.717) is 0 Å². The second-order valence-corrected chi connectivity index (χ2v) is 5.05. The summed E-state index contributed by atoms with van der Waals surface area (Å²) in [6.07, 6.45) is 2.17. The first-order chi connectivity index (χ1) is 8.26. The minimum absolute atomic E-state index is 0.0115. The Hall–Kier alpha value is -1.12. The summed E-state index contributed by atoms with van der Waals surface area (Å²) in [4.78, 5) is 0. The van der Waals surface area contributed by atoms with Crippen molar-refractivity contribution in [1.29, 1.82) is 0 Å². The third-order valence-electron chi connectivity index (χ3n) is 3.25. The Balaban J connectivity index is 2.33. The third kappa shape index (κ3) is 2.59. The number of benzene rings is 1. The zero-order valence-corrected chi connectivity index (χ0v) is 11.3. The Morgan fingerprint density at radius 3 is 2.41 bits per heavy atom. The molecule has 0 aliphatic carbocycles. The zero-order valence-electron chi connectivity index (χ0n) is 10.4. The number of thiophene rings is 1. The van der Waals surface area contributed by atoms with Crippen LogP contribution in [0.15, 0.2) is 35.0 Å². The zero-order chi connectivity index (χ0) is 12.3. The van der Waals surface area contributed by atoms with Crippen molar-refractivity contribution in [3.05, 3.63) is 57.3 Å². The second kappa shape index (κ2) is 5.48. The van der Waals surface area contributed by atoms with Gasteiger partial charge in [-0.1, -0.05) is 32.0 Å². The van der Waals surface area contributed by atoms with Gasteiger partial charge >= 0.3 is 0 Å². The predicted octanol–water partition coefficient (Wildman–Crippen LogP) is 3.92. The molecule has 0 bridgehead atoms. The Labute approximate surface area is 107 Å². The first-order valence-electron chi connectivity index (χ1n) is 6.15. The van der Waals surface area contributed by atoms with Crippen LogP contribution in [0.3, 0.4) is 0 Å². The summed E-state index contributed by atoms with van der Waals surface area (Å²) in [5.74, 6) is 0. The smallest absolute Gasteiger partial charge is 0.0559 e. The number of hydrogen-bond donors (Lipinski definition) is 1. The second-order valence-electron chi connectivity index (χ2n) is 4.27. The van der Waals surface area contributed by atoms with Crippen LogP contribution >= 0.6 is 11.3 Å². The molecule has 90 valence electrons. The maximum Gasteiger partial charge on any atom is 0.0559 e. The van der Waals surface area contributed by atoms with Gasteiger partial charge in [0.15, 0.2) is 0 Å². The first kappa shape index (κ1) is 12.3. The molecule has 0 aliphatic rings. The molecule has 0 fully saturated rings. The van der Waals surface area contributed by atoms with Crippen LogP contribution < -0.4 is 5.73 Å². The molecule has 1 aromatic heterocycles. The highest BCUT2D eigenvalue weighted by Gasteiger charge is 2.10. The van der Waals surface area contributed by atoms with Crippen LogP contribution in [-0.4, -0.2) is 0 Å². The van der Waals surface area contributed by atoms with Gasteiger partial charge in [0.05, 0.1) is 6.04 Å². The summed E-state index contributed by atoms with van der Waals surface area (Å²) < 4.78 is 0. The number of aryl methyl sites for hydroxylation is 2. The van der Waals surface area contributed by atoms with Gasteiger partial charge in [-0.2, -0.15) is 11.3 Å². The van der Waals surface area contributed by atoms with E-state index in [0.717, 1.165) is 12.8 Å². The molecule has 1 unspecified atom stereocenters. The molecule has 1 aromatic carbocycles. The van der Waals surface area contributed by atoms with E-state index in [-0.39, 0.29) is 6.04 Å². The van der Waals surface area contributed by atoms with Crippen molar-refractivity contribution >= 4 is 11.3 Å². The molecule has 1 heterocycles. The highest BCUT2D eigenvalue weighted by molar-refractivity contribution is 7.08. The minimum atomic E-state index is 0.0115. The summed E-state index contributed by atoms with van der Waals surface area (Å²) >= 11 is 1.70. The highest BCUT2D eigenvalue weighted by Crippen LogP contribution is 2.24. The summed E-state index contributed by atoms with van der Waals surface area (Å²) in [5.41, 5.74) is 11.6. The molecule has 0 aliphatic heterocycles. The van der Waals surface area contributed by atoms with Gasteiger partial charge in [0.25, 0.3) is 0 Å². The minimum Gasteiger partial charge on any atom is -0.320 e. The normalized spacial score (nSPS) is 12.6. The van der Waals surface area contributed by atoms with E-state index in [1.165, 1.54) is 22.3 Å². The molecule has 0 saturated heterocycles. The van der Waals surface area contributed by atoms with Crippen molar-refractivity contribution in [1.82, 2.24) is 0 Å². The molecule has 1 atom stereocenters. The molecule has 0 radical (unpaired) electrons. The Bertz CT molecular complexity index is 474. The van der Waals surface area contributed by atoms with Crippen molar-refractivity contribution in [2.45, 2.75) is 32.7 Å². The van der Waals surface area contributed by atoms with E-state index >= 15 is 0 Å². The summed E-state index contributed by atoms with van der Waals surface area (Å²) in [7, 11) is 0. The van der Waals surface area contributed by atoms with Crippen molar-refractivity contribution in [2.24, 2.45) is 5.73 Å². The molecule has 0 spiro atoms. The number of nitrogens with two attached hydrogens (primary N) is 1. The van der Waals surface area contributed by atoms with E-state index in [1.807, 2.05) is 0 Å². The first-order valence-corrected chi connectivity index (χ1v) is 7.09. The van der Waals surface area contributed by atoms with Gasteiger partial charge in [0.1, 0.15) is 0 Å². The quantitative estimate of drug-likeness (QED) is 0.868. The van der Waals surface area contributed by atoms with Crippen molar-refractivity contribution < 1.29 is 0 Å². The monoisotopic (exact) mass is 245 g/mol. The van der Waals surface area contributed by atoms with Crippen LogP contribution in [0.2, 0.25) is 0 Å². The fourth-order valence-corrected chi connectivity index (χ4v) is 2.85. The van der Waals surface area contributed by atoms with Crippen LogP contribution in [0.4, 0.5) is 0 Å². The molecule has 2 heteroatoms. The van der Waals surface area contributed by atoms with Gasteiger partial charge in [-0.3, -0.25) is 0 Å². The maximum absolute atomic E-state index is 6.28. The topological polar surface area (TPSA) is 26.0 Å². The number of rotatable bonds is 4. The van der Waals surface area contributed by atoms with Gasteiger partial charge in [0.2, 0.25) is 0 Å². The lowest BCUT2D eigenvalue weighted by Gasteiger charge is -2.14. The average Bonchev–Trinajstić information content (AvgIpc) is 2.90.